The highest BCUT2D eigenvalue weighted by atomic mass is 35.5. The van der Waals surface area contributed by atoms with Crippen LogP contribution in [0.1, 0.15) is 38.8 Å². The number of aliphatic hydroxyl groups excluding tert-OH is 1. The van der Waals surface area contributed by atoms with E-state index in [-0.39, 0.29) is 11.4 Å². The Bertz CT molecular complexity index is 749. The zero-order chi connectivity index (χ0) is 17.5. The van der Waals surface area contributed by atoms with Gasteiger partial charge in [0, 0.05) is 10.6 Å². The number of hydrogen-bond acceptors (Lipinski definition) is 4. The van der Waals surface area contributed by atoms with Crippen LogP contribution in [0.15, 0.2) is 23.8 Å². The number of benzene rings is 1. The summed E-state index contributed by atoms with van der Waals surface area (Å²) in [6.45, 7) is 6.20. The van der Waals surface area contributed by atoms with Gasteiger partial charge in [0.25, 0.3) is 5.91 Å². The van der Waals surface area contributed by atoms with Crippen molar-refractivity contribution in [1.82, 2.24) is 5.32 Å². The van der Waals surface area contributed by atoms with Crippen molar-refractivity contribution in [1.29, 1.82) is 0 Å². The third-order valence-corrected chi connectivity index (χ3v) is 4.36. The van der Waals surface area contributed by atoms with Gasteiger partial charge in [-0.2, -0.15) is 0 Å². The molecule has 1 aromatic rings. The molecule has 1 aliphatic rings. The third kappa shape index (κ3) is 2.88. The molecule has 2 N–H and O–H groups in total. The summed E-state index contributed by atoms with van der Waals surface area (Å²) >= 11 is 5.96. The van der Waals surface area contributed by atoms with Crippen LogP contribution >= 0.6 is 11.6 Å². The number of carbonyl (C=O) groups excluding carboxylic acids is 3. The highest BCUT2D eigenvalue weighted by Gasteiger charge is 2.43. The van der Waals surface area contributed by atoms with Crippen molar-refractivity contribution < 1.29 is 19.5 Å². The molecule has 1 atom stereocenters. The number of Topliss-reactive ketones (excluding diaryl/α,β-unsaturated/α-hetero) is 2. The molecule has 0 radical (unpaired) electrons. The van der Waals surface area contributed by atoms with E-state index in [1.807, 2.05) is 0 Å². The smallest absolute Gasteiger partial charge is 0.259 e. The van der Waals surface area contributed by atoms with Crippen LogP contribution in [-0.2, 0) is 19.8 Å². The summed E-state index contributed by atoms with van der Waals surface area (Å²) < 4.78 is 0. The first kappa shape index (κ1) is 17.2. The summed E-state index contributed by atoms with van der Waals surface area (Å²) in [5, 5.41) is 13.2. The highest BCUT2D eigenvalue weighted by Crippen LogP contribution is 2.40. The van der Waals surface area contributed by atoms with Gasteiger partial charge in [-0.1, -0.05) is 17.7 Å². The van der Waals surface area contributed by atoms with E-state index in [1.54, 1.807) is 26.0 Å². The van der Waals surface area contributed by atoms with Gasteiger partial charge in [0.1, 0.15) is 11.3 Å². The molecule has 0 heterocycles. The number of carbonyl (C=O) groups is 3. The van der Waals surface area contributed by atoms with E-state index in [2.05, 4.69) is 5.32 Å². The van der Waals surface area contributed by atoms with Crippen molar-refractivity contribution >= 4 is 34.8 Å². The number of aliphatic hydroxyl groups is 1. The van der Waals surface area contributed by atoms with Crippen LogP contribution in [0.2, 0.25) is 5.02 Å². The van der Waals surface area contributed by atoms with Gasteiger partial charge in [0.2, 0.25) is 0 Å². The molecule has 0 unspecified atom stereocenters. The van der Waals surface area contributed by atoms with Crippen LogP contribution in [-0.4, -0.2) is 28.6 Å². The van der Waals surface area contributed by atoms with Crippen LogP contribution in [0, 0.1) is 0 Å². The molecule has 23 heavy (non-hydrogen) atoms. The van der Waals surface area contributed by atoms with Gasteiger partial charge in [-0.25, -0.2) is 0 Å². The van der Waals surface area contributed by atoms with Crippen molar-refractivity contribution in [2.24, 2.45) is 0 Å². The molecule has 0 saturated carbocycles. The first-order chi connectivity index (χ1) is 10.6. The van der Waals surface area contributed by atoms with Crippen molar-refractivity contribution in [3.05, 3.63) is 39.9 Å². The van der Waals surface area contributed by atoms with Crippen molar-refractivity contribution in [3.8, 4) is 0 Å². The van der Waals surface area contributed by atoms with E-state index in [9.17, 15) is 19.5 Å². The average molecular weight is 336 g/mol. The summed E-state index contributed by atoms with van der Waals surface area (Å²) in [4.78, 5) is 36.4. The van der Waals surface area contributed by atoms with Crippen LogP contribution < -0.4 is 5.32 Å². The van der Waals surface area contributed by atoms with Gasteiger partial charge in [-0.05, 0) is 45.4 Å². The topological polar surface area (TPSA) is 83.5 Å². The van der Waals surface area contributed by atoms with Gasteiger partial charge < -0.3 is 10.4 Å². The minimum atomic E-state index is -0.988. The van der Waals surface area contributed by atoms with E-state index < -0.39 is 28.9 Å². The third-order valence-electron chi connectivity index (χ3n) is 4.13. The molecule has 1 aliphatic carbocycles. The second kappa shape index (κ2) is 5.81. The molecule has 0 bridgehead atoms. The molecule has 5 nitrogen and oxygen atoms in total. The molecular weight excluding hydrogens is 318 g/mol. The summed E-state index contributed by atoms with van der Waals surface area (Å²) in [6.07, 6.45) is 0. The number of fused-ring (bicyclic) bond motifs is 1. The number of amides is 1. The number of hydrogen-bond donors (Lipinski definition) is 2. The Morgan fingerprint density at radius 1 is 1.30 bits per heavy atom. The van der Waals surface area contributed by atoms with Crippen molar-refractivity contribution in [2.75, 3.05) is 0 Å². The Morgan fingerprint density at radius 3 is 2.48 bits per heavy atom. The van der Waals surface area contributed by atoms with E-state index in [4.69, 9.17) is 11.6 Å². The van der Waals surface area contributed by atoms with Gasteiger partial charge in [0.15, 0.2) is 11.6 Å². The van der Waals surface area contributed by atoms with Crippen LogP contribution in [0.25, 0.3) is 5.76 Å². The molecule has 0 aromatic heterocycles. The van der Waals surface area contributed by atoms with Crippen LogP contribution in [0.4, 0.5) is 0 Å². The summed E-state index contributed by atoms with van der Waals surface area (Å²) in [7, 11) is 0. The van der Waals surface area contributed by atoms with Gasteiger partial charge in [-0.15, -0.1) is 0 Å². The van der Waals surface area contributed by atoms with E-state index >= 15 is 0 Å². The van der Waals surface area contributed by atoms with Crippen LogP contribution in [0.5, 0.6) is 0 Å². The van der Waals surface area contributed by atoms with Gasteiger partial charge in [0.05, 0.1) is 11.5 Å². The predicted octanol–water partition coefficient (Wildman–Crippen LogP) is 2.56. The number of halogens is 1. The van der Waals surface area contributed by atoms with E-state index in [1.165, 1.54) is 19.9 Å². The molecule has 0 aliphatic heterocycles. The molecule has 6 heteroatoms. The fourth-order valence-electron chi connectivity index (χ4n) is 2.52. The summed E-state index contributed by atoms with van der Waals surface area (Å²) in [6, 6.07) is 4.06. The van der Waals surface area contributed by atoms with E-state index in [0.29, 0.717) is 16.1 Å². The number of rotatable bonds is 3. The maximum absolute atomic E-state index is 12.7. The lowest BCUT2D eigenvalue weighted by Crippen LogP contribution is -2.44. The van der Waals surface area contributed by atoms with Crippen molar-refractivity contribution in [2.45, 2.75) is 39.2 Å². The molecular formula is C17H18ClNO4. The van der Waals surface area contributed by atoms with Gasteiger partial charge >= 0.3 is 0 Å². The zero-order valence-electron chi connectivity index (χ0n) is 13.4. The Kier molecular flexibility index (Phi) is 4.35. The van der Waals surface area contributed by atoms with Crippen molar-refractivity contribution in [3.63, 3.8) is 0 Å². The Hall–Kier alpha value is -2.14. The normalized spacial score (nSPS) is 17.5. The molecule has 2 rings (SSSR count). The first-order valence-electron chi connectivity index (χ1n) is 7.17. The SMILES string of the molecule is CC(=O)[C@H](C)NC(=O)C1=C(O)c2cc(Cl)ccc2C(C)(C)C1=O. The number of ketones is 2. The quantitative estimate of drug-likeness (QED) is 0.831. The lowest BCUT2D eigenvalue weighted by molar-refractivity contribution is -0.128. The zero-order valence-corrected chi connectivity index (χ0v) is 14.1. The molecule has 0 saturated heterocycles. The molecule has 0 fully saturated rings. The second-order valence-electron chi connectivity index (χ2n) is 6.17. The maximum Gasteiger partial charge on any atom is 0.259 e. The Morgan fingerprint density at radius 2 is 1.91 bits per heavy atom. The second-order valence-corrected chi connectivity index (χ2v) is 6.61. The lowest BCUT2D eigenvalue weighted by atomic mass is 9.71. The fraction of sp³-hybridized carbons (Fsp3) is 0.353. The summed E-state index contributed by atoms with van der Waals surface area (Å²) in [5.41, 5.74) is -0.390. The van der Waals surface area contributed by atoms with Gasteiger partial charge in [-0.3, -0.25) is 14.4 Å². The minimum Gasteiger partial charge on any atom is -0.506 e. The molecule has 0 spiro atoms. The molecule has 122 valence electrons. The number of nitrogens with one attached hydrogen (secondary N) is 1. The minimum absolute atomic E-state index is 0.246. The lowest BCUT2D eigenvalue weighted by Gasteiger charge is -2.32. The molecule has 1 amide bonds. The standard InChI is InChI=1S/C17H18ClNO4/c1-8(9(2)20)19-16(23)13-14(21)11-7-10(18)5-6-12(11)17(3,4)15(13)22/h5-8,21H,1-4H3,(H,19,23)/t8-/m0/s1. The summed E-state index contributed by atoms with van der Waals surface area (Å²) in [5.74, 6) is -1.93. The average Bonchev–Trinajstić information content (AvgIpc) is 2.45. The predicted molar refractivity (Wildman–Crippen MR) is 87.3 cm³/mol. The Balaban J connectivity index is 2.58. The fourth-order valence-corrected chi connectivity index (χ4v) is 2.69. The molecule has 1 aromatic carbocycles. The Labute approximate surface area is 139 Å². The largest absolute Gasteiger partial charge is 0.506 e. The first-order valence-corrected chi connectivity index (χ1v) is 7.55. The highest BCUT2D eigenvalue weighted by molar-refractivity contribution is 6.32. The van der Waals surface area contributed by atoms with E-state index in [0.717, 1.165) is 0 Å². The monoisotopic (exact) mass is 335 g/mol. The van der Waals surface area contributed by atoms with Crippen LogP contribution in [0.3, 0.4) is 0 Å². The maximum atomic E-state index is 12.7.